The van der Waals surface area contributed by atoms with Crippen molar-refractivity contribution >= 4 is 23.8 Å². The molecule has 1 aromatic rings. The number of nitrogens with zero attached hydrogens (tertiary/aromatic N) is 4. The van der Waals surface area contributed by atoms with Crippen LogP contribution >= 0.6 is 0 Å². The second-order valence-corrected chi connectivity index (χ2v) is 10.2. The summed E-state index contributed by atoms with van der Waals surface area (Å²) in [5.41, 5.74) is 1.42. The Bertz CT molecular complexity index is 1050. The first-order chi connectivity index (χ1) is 20.9. The number of carbonyl (C=O) groups is 4. The monoisotopic (exact) mass is 688 g/mol. The molecule has 0 bridgehead atoms. The summed E-state index contributed by atoms with van der Waals surface area (Å²) in [7, 11) is 3.89. The lowest BCUT2D eigenvalue weighted by Crippen LogP contribution is -2.50. The molecule has 46 heavy (non-hydrogen) atoms. The van der Waals surface area contributed by atoms with Gasteiger partial charge in [-0.15, -0.1) is 0 Å². The fourth-order valence-electron chi connectivity index (χ4n) is 3.87. The van der Waals surface area contributed by atoms with Crippen molar-refractivity contribution in [1.82, 2.24) is 19.7 Å². The number of carboxylic acid groups (broad SMARTS) is 3. The van der Waals surface area contributed by atoms with E-state index < -0.39 is 36.4 Å². The SMILES string of the molecule is CN(C)CC(=O)N1CCC2(CC1)COCCN(Cc1cccnc1)C2.O=C(O)C(F)(F)F.O=C(O)C(F)(F)F.O=C(O)C(F)(F)F. The van der Waals surface area contributed by atoms with Gasteiger partial charge in [-0.2, -0.15) is 39.5 Å². The van der Waals surface area contributed by atoms with Crippen molar-refractivity contribution in [3.05, 3.63) is 30.1 Å². The number of aliphatic carboxylic acids is 3. The molecule has 3 heterocycles. The van der Waals surface area contributed by atoms with E-state index in [2.05, 4.69) is 16.0 Å². The summed E-state index contributed by atoms with van der Waals surface area (Å²) < 4.78 is 101. The maximum absolute atomic E-state index is 12.3. The summed E-state index contributed by atoms with van der Waals surface area (Å²) in [5.74, 6) is -8.03. The van der Waals surface area contributed by atoms with E-state index >= 15 is 0 Å². The number of amides is 1. The minimum Gasteiger partial charge on any atom is -0.475 e. The number of pyridine rings is 1. The van der Waals surface area contributed by atoms with Crippen LogP contribution in [0.5, 0.6) is 0 Å². The van der Waals surface area contributed by atoms with Gasteiger partial charge >= 0.3 is 36.4 Å². The van der Waals surface area contributed by atoms with E-state index in [9.17, 15) is 44.3 Å². The molecule has 1 aromatic heterocycles. The predicted octanol–water partition coefficient (Wildman–Crippen LogP) is 2.98. The molecule has 0 radical (unpaired) electrons. The van der Waals surface area contributed by atoms with E-state index in [0.29, 0.717) is 6.54 Å². The Labute approximate surface area is 256 Å². The predicted molar refractivity (Wildman–Crippen MR) is 138 cm³/mol. The quantitative estimate of drug-likeness (QED) is 0.399. The molecule has 0 saturated carbocycles. The topological polar surface area (TPSA) is 161 Å². The summed E-state index contributed by atoms with van der Waals surface area (Å²) in [6.07, 6.45) is -9.44. The van der Waals surface area contributed by atoms with Gasteiger partial charge in [0.25, 0.3) is 0 Å². The third-order valence-corrected chi connectivity index (χ3v) is 6.00. The summed E-state index contributed by atoms with van der Waals surface area (Å²) in [6.45, 7) is 6.70. The minimum atomic E-state index is -5.08. The Morgan fingerprint density at radius 2 is 1.33 bits per heavy atom. The maximum atomic E-state index is 12.3. The van der Waals surface area contributed by atoms with Crippen LogP contribution in [0.4, 0.5) is 39.5 Å². The van der Waals surface area contributed by atoms with E-state index in [-0.39, 0.29) is 11.3 Å². The molecular formula is C25H33F9N4O8. The molecule has 12 nitrogen and oxygen atoms in total. The zero-order valence-electron chi connectivity index (χ0n) is 24.5. The molecule has 3 rings (SSSR count). The molecule has 1 amide bonds. The zero-order chi connectivity index (χ0) is 35.9. The number of aromatic nitrogens is 1. The summed E-state index contributed by atoms with van der Waals surface area (Å²) in [5, 5.41) is 21.4. The summed E-state index contributed by atoms with van der Waals surface area (Å²) in [4.78, 5) is 49.6. The lowest BCUT2D eigenvalue weighted by Gasteiger charge is -2.42. The number of alkyl halides is 9. The average molecular weight is 689 g/mol. The van der Waals surface area contributed by atoms with Gasteiger partial charge in [-0.05, 0) is 38.6 Å². The number of halogens is 9. The van der Waals surface area contributed by atoms with E-state index in [1.54, 1.807) is 0 Å². The fourth-order valence-corrected chi connectivity index (χ4v) is 3.87. The third kappa shape index (κ3) is 17.7. The molecule has 2 saturated heterocycles. The Kier molecular flexibility index (Phi) is 16.9. The third-order valence-electron chi connectivity index (χ3n) is 6.00. The second-order valence-electron chi connectivity index (χ2n) is 10.2. The molecule has 2 aliphatic rings. The molecule has 2 aliphatic heterocycles. The van der Waals surface area contributed by atoms with Crippen molar-refractivity contribution in [2.75, 3.05) is 60.0 Å². The van der Waals surface area contributed by atoms with Crippen LogP contribution in [0.1, 0.15) is 18.4 Å². The Hall–Kier alpha value is -3.72. The maximum Gasteiger partial charge on any atom is 0.490 e. The molecular weight excluding hydrogens is 655 g/mol. The highest BCUT2D eigenvalue weighted by Crippen LogP contribution is 2.34. The second kappa shape index (κ2) is 18.4. The highest BCUT2D eigenvalue weighted by atomic mass is 19.4. The highest BCUT2D eigenvalue weighted by Gasteiger charge is 2.40. The lowest BCUT2D eigenvalue weighted by molar-refractivity contribution is -0.193. The smallest absolute Gasteiger partial charge is 0.475 e. The van der Waals surface area contributed by atoms with Crippen molar-refractivity contribution in [1.29, 1.82) is 0 Å². The number of carboxylic acids is 3. The van der Waals surface area contributed by atoms with Crippen LogP contribution in [-0.2, 0) is 30.5 Å². The van der Waals surface area contributed by atoms with Gasteiger partial charge in [0, 0.05) is 50.5 Å². The van der Waals surface area contributed by atoms with Gasteiger partial charge in [-0.1, -0.05) is 6.07 Å². The van der Waals surface area contributed by atoms with Crippen LogP contribution in [0.15, 0.2) is 24.5 Å². The molecule has 1 spiro atoms. The molecule has 0 atom stereocenters. The molecule has 0 unspecified atom stereocenters. The normalized spacial score (nSPS) is 16.8. The molecule has 3 N–H and O–H groups in total. The fraction of sp³-hybridized carbons (Fsp3) is 0.640. The molecule has 2 fully saturated rings. The summed E-state index contributed by atoms with van der Waals surface area (Å²) >= 11 is 0. The van der Waals surface area contributed by atoms with Crippen LogP contribution in [0.3, 0.4) is 0 Å². The van der Waals surface area contributed by atoms with Gasteiger partial charge in [0.1, 0.15) is 0 Å². The van der Waals surface area contributed by atoms with Gasteiger partial charge in [-0.3, -0.25) is 14.7 Å². The number of likely N-dealkylation sites (tertiary alicyclic amines) is 1. The first kappa shape index (κ1) is 42.3. The number of carbonyl (C=O) groups excluding carboxylic acids is 1. The van der Waals surface area contributed by atoms with Crippen molar-refractivity contribution in [3.63, 3.8) is 0 Å². The van der Waals surface area contributed by atoms with Gasteiger partial charge in [0.15, 0.2) is 0 Å². The van der Waals surface area contributed by atoms with Crippen molar-refractivity contribution in [3.8, 4) is 0 Å². The molecule has 21 heteroatoms. The van der Waals surface area contributed by atoms with Crippen molar-refractivity contribution < 1.29 is 78.7 Å². The van der Waals surface area contributed by atoms with Gasteiger partial charge in [0.05, 0.1) is 19.8 Å². The number of piperidine rings is 1. The zero-order valence-corrected chi connectivity index (χ0v) is 24.5. The molecule has 0 aromatic carbocycles. The number of ether oxygens (including phenoxy) is 1. The standard InChI is InChI=1S/C19H30N4O2.3C2HF3O2/c1-21(2)14-18(24)23-8-5-19(6-9-23)15-22(10-11-25-16-19)13-17-4-3-7-20-12-17;3*3-2(4,5)1(6)7/h3-4,7,12H,5-6,8-11,13-16H2,1-2H3;3*(H,6,7). The van der Waals surface area contributed by atoms with E-state index in [1.807, 2.05) is 42.4 Å². The van der Waals surface area contributed by atoms with Crippen LogP contribution in [0.2, 0.25) is 0 Å². The number of likely N-dealkylation sites (N-methyl/N-ethyl adjacent to an activating group) is 1. The first-order valence-electron chi connectivity index (χ1n) is 12.9. The Morgan fingerprint density at radius 3 is 1.70 bits per heavy atom. The number of hydrogen-bond donors (Lipinski definition) is 3. The van der Waals surface area contributed by atoms with Crippen molar-refractivity contribution in [2.45, 2.75) is 37.9 Å². The van der Waals surface area contributed by atoms with Gasteiger partial charge in [-0.25, -0.2) is 14.4 Å². The number of rotatable bonds is 4. The average Bonchev–Trinajstić information content (AvgIpc) is 3.10. The van der Waals surface area contributed by atoms with E-state index in [4.69, 9.17) is 34.4 Å². The van der Waals surface area contributed by atoms with Crippen LogP contribution in [0, 0.1) is 5.41 Å². The number of hydrogen-bond acceptors (Lipinski definition) is 8. The Balaban J connectivity index is 0.000000786. The summed E-state index contributed by atoms with van der Waals surface area (Å²) in [6, 6.07) is 4.13. The van der Waals surface area contributed by atoms with Crippen molar-refractivity contribution in [2.24, 2.45) is 5.41 Å². The first-order valence-corrected chi connectivity index (χ1v) is 12.9. The molecule has 264 valence electrons. The van der Waals surface area contributed by atoms with Crippen LogP contribution < -0.4 is 0 Å². The van der Waals surface area contributed by atoms with Gasteiger partial charge in [0.2, 0.25) is 5.91 Å². The van der Waals surface area contributed by atoms with Crippen LogP contribution in [-0.4, -0.2) is 137 Å². The Morgan fingerprint density at radius 1 is 0.870 bits per heavy atom. The highest BCUT2D eigenvalue weighted by molar-refractivity contribution is 5.78. The lowest BCUT2D eigenvalue weighted by atomic mass is 9.78. The van der Waals surface area contributed by atoms with Crippen LogP contribution in [0.25, 0.3) is 0 Å². The molecule has 0 aliphatic carbocycles. The van der Waals surface area contributed by atoms with Gasteiger partial charge < -0.3 is 29.9 Å². The largest absolute Gasteiger partial charge is 0.490 e. The van der Waals surface area contributed by atoms with E-state index in [1.165, 1.54) is 5.56 Å². The van der Waals surface area contributed by atoms with E-state index in [0.717, 1.165) is 58.8 Å². The minimum absolute atomic E-state index is 0.174.